The molecule has 0 heterocycles. The van der Waals surface area contributed by atoms with E-state index >= 15 is 0 Å². The van der Waals surface area contributed by atoms with Crippen LogP contribution in [0, 0.1) is 0 Å². The number of carbonyl (C=O) groups excluding carboxylic acids is 1. The number of halogens is 5. The molecule has 4 nitrogen and oxygen atoms in total. The molecule has 0 radical (unpaired) electrons. The Morgan fingerprint density at radius 2 is 1.65 bits per heavy atom. The van der Waals surface area contributed by atoms with Gasteiger partial charge in [-0.25, -0.2) is 0 Å². The van der Waals surface area contributed by atoms with Gasteiger partial charge in [0.1, 0.15) is 6.17 Å². The second kappa shape index (κ2) is 9.57. The molecule has 2 rings (SSSR count). The van der Waals surface area contributed by atoms with E-state index in [4.69, 9.17) is 47.0 Å². The van der Waals surface area contributed by atoms with E-state index in [2.05, 4.69) is 47.8 Å². The fourth-order valence-corrected chi connectivity index (χ4v) is 3.10. The summed E-state index contributed by atoms with van der Waals surface area (Å²) < 4.78 is -0.133. The standard InChI is InChI=1S/C16H12Br2Cl3N3OS/c17-10-4-6-12(7-5-10)22-15(26)24-14(16(19,20)21)23-13(25)9-2-1-3-11(18)8-9/h1-8,14H,(H,23,25)(H2,22,24,26). The maximum absolute atomic E-state index is 12.4. The Morgan fingerprint density at radius 1 is 1.00 bits per heavy atom. The summed E-state index contributed by atoms with van der Waals surface area (Å²) in [5.74, 6) is -0.415. The van der Waals surface area contributed by atoms with Crippen molar-refractivity contribution >= 4 is 95.6 Å². The quantitative estimate of drug-likeness (QED) is 0.258. The first-order chi connectivity index (χ1) is 12.1. The van der Waals surface area contributed by atoms with E-state index in [1.807, 2.05) is 24.3 Å². The van der Waals surface area contributed by atoms with Crippen molar-refractivity contribution in [1.29, 1.82) is 0 Å². The molecule has 2 aromatic carbocycles. The maximum Gasteiger partial charge on any atom is 0.253 e. The first-order valence-corrected chi connectivity index (χ1v) is 10.2. The molecule has 0 saturated carbocycles. The number of hydrogen-bond acceptors (Lipinski definition) is 2. The largest absolute Gasteiger partial charge is 0.339 e. The molecule has 138 valence electrons. The van der Waals surface area contributed by atoms with E-state index in [0.717, 1.165) is 14.6 Å². The lowest BCUT2D eigenvalue weighted by atomic mass is 10.2. The molecule has 1 unspecified atom stereocenters. The van der Waals surface area contributed by atoms with Gasteiger partial charge in [0.15, 0.2) is 5.11 Å². The molecule has 0 aliphatic carbocycles. The number of nitrogens with one attached hydrogen (secondary N) is 3. The monoisotopic (exact) mass is 557 g/mol. The number of hydrogen-bond donors (Lipinski definition) is 3. The number of benzene rings is 2. The molecule has 2 aromatic rings. The van der Waals surface area contributed by atoms with Crippen LogP contribution in [0.25, 0.3) is 0 Å². The van der Waals surface area contributed by atoms with Crippen molar-refractivity contribution in [3.8, 4) is 0 Å². The van der Waals surface area contributed by atoms with E-state index in [9.17, 15) is 4.79 Å². The molecule has 0 fully saturated rings. The first-order valence-electron chi connectivity index (χ1n) is 7.11. The van der Waals surface area contributed by atoms with Crippen LogP contribution in [0.2, 0.25) is 0 Å². The van der Waals surface area contributed by atoms with E-state index < -0.39 is 15.9 Å². The average molecular weight is 561 g/mol. The fourth-order valence-electron chi connectivity index (χ4n) is 1.88. The highest BCUT2D eigenvalue weighted by molar-refractivity contribution is 9.10. The van der Waals surface area contributed by atoms with Gasteiger partial charge in [-0.2, -0.15) is 0 Å². The molecule has 0 aliphatic rings. The summed E-state index contributed by atoms with van der Waals surface area (Å²) >= 11 is 29.8. The van der Waals surface area contributed by atoms with Crippen molar-refractivity contribution in [3.63, 3.8) is 0 Å². The van der Waals surface area contributed by atoms with Gasteiger partial charge in [0.05, 0.1) is 0 Å². The highest BCUT2D eigenvalue weighted by atomic mass is 79.9. The van der Waals surface area contributed by atoms with Crippen LogP contribution in [0.5, 0.6) is 0 Å². The first kappa shape index (κ1) is 21.7. The number of thiocarbonyl (C=S) groups is 1. The number of anilines is 1. The average Bonchev–Trinajstić information content (AvgIpc) is 2.55. The van der Waals surface area contributed by atoms with Gasteiger partial charge in [0.25, 0.3) is 5.91 Å². The minimum atomic E-state index is -1.83. The van der Waals surface area contributed by atoms with Crippen molar-refractivity contribution < 1.29 is 4.79 Å². The molecule has 26 heavy (non-hydrogen) atoms. The Bertz CT molecular complexity index is 800. The van der Waals surface area contributed by atoms with Crippen LogP contribution in [-0.4, -0.2) is 21.0 Å². The Labute approximate surface area is 188 Å². The molecule has 1 amide bonds. The Balaban J connectivity index is 2.06. The topological polar surface area (TPSA) is 53.2 Å². The third-order valence-electron chi connectivity index (χ3n) is 3.07. The molecule has 3 N–H and O–H groups in total. The van der Waals surface area contributed by atoms with Gasteiger partial charge in [0.2, 0.25) is 3.79 Å². The van der Waals surface area contributed by atoms with Gasteiger partial charge >= 0.3 is 0 Å². The summed E-state index contributed by atoms with van der Waals surface area (Å²) in [6.45, 7) is 0. The molecular formula is C16H12Br2Cl3N3OS. The van der Waals surface area contributed by atoms with Crippen molar-refractivity contribution in [2.45, 2.75) is 9.96 Å². The molecular weight excluding hydrogens is 548 g/mol. The zero-order valence-electron chi connectivity index (χ0n) is 12.9. The van der Waals surface area contributed by atoms with Crippen LogP contribution in [0.3, 0.4) is 0 Å². The smallest absolute Gasteiger partial charge is 0.253 e. The summed E-state index contributed by atoms with van der Waals surface area (Å²) in [7, 11) is 0. The molecule has 10 heteroatoms. The summed E-state index contributed by atoms with van der Waals surface area (Å²) in [5, 5.41) is 8.58. The van der Waals surface area contributed by atoms with E-state index in [1.165, 1.54) is 0 Å². The second-order valence-corrected chi connectivity index (χ2v) is 9.67. The van der Waals surface area contributed by atoms with Crippen molar-refractivity contribution in [1.82, 2.24) is 10.6 Å². The lowest BCUT2D eigenvalue weighted by molar-refractivity contribution is 0.0934. The molecule has 1 atom stereocenters. The highest BCUT2D eigenvalue weighted by Gasteiger charge is 2.34. The molecule has 0 aromatic heterocycles. The second-order valence-electron chi connectivity index (χ2n) is 5.06. The maximum atomic E-state index is 12.4. The van der Waals surface area contributed by atoms with Gasteiger partial charge in [0, 0.05) is 20.2 Å². The zero-order valence-corrected chi connectivity index (χ0v) is 19.2. The number of rotatable bonds is 4. The van der Waals surface area contributed by atoms with Crippen LogP contribution < -0.4 is 16.0 Å². The van der Waals surface area contributed by atoms with Crippen LogP contribution in [0.15, 0.2) is 57.5 Å². The van der Waals surface area contributed by atoms with Crippen LogP contribution in [0.1, 0.15) is 10.4 Å². The predicted octanol–water partition coefficient (Wildman–Crippen LogP) is 5.62. The van der Waals surface area contributed by atoms with Gasteiger partial charge < -0.3 is 16.0 Å². The summed E-state index contributed by atoms with van der Waals surface area (Å²) in [4.78, 5) is 12.4. The zero-order chi connectivity index (χ0) is 19.3. The SMILES string of the molecule is O=C(NC(NC(=S)Nc1ccc(Br)cc1)C(Cl)(Cl)Cl)c1cccc(Br)c1. The Hall–Kier alpha value is -0.570. The van der Waals surface area contributed by atoms with Crippen molar-refractivity contribution in [2.24, 2.45) is 0 Å². The van der Waals surface area contributed by atoms with Crippen molar-refractivity contribution in [2.75, 3.05) is 5.32 Å². The van der Waals surface area contributed by atoms with Gasteiger partial charge in [-0.3, -0.25) is 4.79 Å². The van der Waals surface area contributed by atoms with E-state index in [1.54, 1.807) is 24.3 Å². The van der Waals surface area contributed by atoms with Gasteiger partial charge in [-0.05, 0) is 54.7 Å². The third-order valence-corrected chi connectivity index (χ3v) is 4.96. The highest BCUT2D eigenvalue weighted by Crippen LogP contribution is 2.29. The Kier molecular flexibility index (Phi) is 8.00. The molecule has 0 spiro atoms. The molecule has 0 aliphatic heterocycles. The number of alkyl halides is 3. The molecule has 0 saturated heterocycles. The lowest BCUT2D eigenvalue weighted by Crippen LogP contribution is -2.56. The number of amides is 1. The minimum absolute atomic E-state index is 0.193. The summed E-state index contributed by atoms with van der Waals surface area (Å²) in [5.41, 5.74) is 1.15. The third kappa shape index (κ3) is 6.87. The van der Waals surface area contributed by atoms with E-state index in [-0.39, 0.29) is 5.11 Å². The summed E-state index contributed by atoms with van der Waals surface area (Å²) in [6, 6.07) is 14.2. The summed E-state index contributed by atoms with van der Waals surface area (Å²) in [6.07, 6.45) is -1.05. The normalized spacial score (nSPS) is 12.2. The Morgan fingerprint density at radius 3 is 2.23 bits per heavy atom. The van der Waals surface area contributed by atoms with Crippen molar-refractivity contribution in [3.05, 3.63) is 63.0 Å². The predicted molar refractivity (Wildman–Crippen MR) is 119 cm³/mol. The van der Waals surface area contributed by atoms with Crippen LogP contribution in [0.4, 0.5) is 5.69 Å². The minimum Gasteiger partial charge on any atom is -0.339 e. The van der Waals surface area contributed by atoms with Gasteiger partial charge in [-0.15, -0.1) is 0 Å². The van der Waals surface area contributed by atoms with E-state index in [0.29, 0.717) is 5.56 Å². The van der Waals surface area contributed by atoms with Crippen LogP contribution in [-0.2, 0) is 0 Å². The fraction of sp³-hybridized carbons (Fsp3) is 0.125. The van der Waals surface area contributed by atoms with Crippen LogP contribution >= 0.6 is 78.9 Å². The molecule has 0 bridgehead atoms. The lowest BCUT2D eigenvalue weighted by Gasteiger charge is -2.27. The van der Waals surface area contributed by atoms with Gasteiger partial charge in [-0.1, -0.05) is 72.7 Å². The number of carbonyl (C=O) groups is 1.